The minimum atomic E-state index is -1.08. The predicted molar refractivity (Wildman–Crippen MR) is 64.9 cm³/mol. The summed E-state index contributed by atoms with van der Waals surface area (Å²) >= 11 is 3.19. The monoisotopic (exact) mass is 315 g/mol. The third-order valence-corrected chi connectivity index (χ3v) is 2.84. The van der Waals surface area contributed by atoms with Crippen molar-refractivity contribution in [1.82, 2.24) is 5.32 Å². The number of carbonyl (C=O) groups excluding carboxylic acids is 1. The van der Waals surface area contributed by atoms with E-state index in [1.165, 1.54) is 6.07 Å². The summed E-state index contributed by atoms with van der Waals surface area (Å²) in [5.74, 6) is -0.832. The van der Waals surface area contributed by atoms with E-state index in [0.717, 1.165) is 0 Å². The van der Waals surface area contributed by atoms with E-state index in [2.05, 4.69) is 21.2 Å². The fourth-order valence-electron chi connectivity index (χ4n) is 1.50. The van der Waals surface area contributed by atoms with E-state index in [0.29, 0.717) is 11.0 Å². The van der Waals surface area contributed by atoms with E-state index in [4.69, 9.17) is 14.6 Å². The molecule has 6 nitrogen and oxygen atoms in total. The fraction of sp³-hybridized carbons (Fsp3) is 0.273. The molecular formula is C11H10BrNO5. The molecule has 1 unspecified atom stereocenters. The number of carbonyl (C=O) groups is 2. The summed E-state index contributed by atoms with van der Waals surface area (Å²) in [6.45, 7) is 0.471. The highest BCUT2D eigenvalue weighted by atomic mass is 79.9. The lowest BCUT2D eigenvalue weighted by Gasteiger charge is -2.12. The number of amides is 1. The average molecular weight is 316 g/mol. The standard InChI is InChI=1S/C11H10BrNO5/c12-6-1-2-9(8(3-6)10(14)15)17-5-7-4-13-11(16)18-7/h1-3,7H,4-5H2,(H,13,16)(H,14,15). The minimum Gasteiger partial charge on any atom is -0.489 e. The Labute approximate surface area is 111 Å². The molecule has 96 valence electrons. The third kappa shape index (κ3) is 2.92. The zero-order valence-corrected chi connectivity index (χ0v) is 10.8. The molecule has 0 spiro atoms. The Morgan fingerprint density at radius 2 is 2.39 bits per heavy atom. The van der Waals surface area contributed by atoms with Crippen LogP contribution in [0.4, 0.5) is 4.79 Å². The van der Waals surface area contributed by atoms with Crippen molar-refractivity contribution in [3.05, 3.63) is 28.2 Å². The molecule has 1 heterocycles. The van der Waals surface area contributed by atoms with Crippen LogP contribution in [0.1, 0.15) is 10.4 Å². The summed E-state index contributed by atoms with van der Waals surface area (Å²) in [7, 11) is 0. The van der Waals surface area contributed by atoms with Crippen LogP contribution >= 0.6 is 15.9 Å². The SMILES string of the molecule is O=C1NCC(COc2ccc(Br)cc2C(=O)O)O1. The number of hydrogen-bond acceptors (Lipinski definition) is 4. The Morgan fingerprint density at radius 3 is 3.00 bits per heavy atom. The van der Waals surface area contributed by atoms with Crippen molar-refractivity contribution in [3.63, 3.8) is 0 Å². The first-order valence-corrected chi connectivity index (χ1v) is 5.95. The maximum absolute atomic E-state index is 11.0. The molecule has 7 heteroatoms. The lowest BCUT2D eigenvalue weighted by atomic mass is 10.2. The number of carboxylic acids is 1. The molecule has 1 aliphatic rings. The van der Waals surface area contributed by atoms with Gasteiger partial charge in [-0.05, 0) is 18.2 Å². The summed E-state index contributed by atoms with van der Waals surface area (Å²) in [4.78, 5) is 21.8. The average Bonchev–Trinajstić information content (AvgIpc) is 2.73. The highest BCUT2D eigenvalue weighted by molar-refractivity contribution is 9.10. The molecule has 1 aromatic carbocycles. The highest BCUT2D eigenvalue weighted by Gasteiger charge is 2.23. The zero-order chi connectivity index (χ0) is 13.1. The van der Waals surface area contributed by atoms with Gasteiger partial charge in [0.1, 0.15) is 17.9 Å². The van der Waals surface area contributed by atoms with Crippen LogP contribution in [0, 0.1) is 0 Å². The molecule has 0 saturated carbocycles. The second kappa shape index (κ2) is 5.26. The van der Waals surface area contributed by atoms with E-state index in [1.54, 1.807) is 12.1 Å². The van der Waals surface area contributed by atoms with Gasteiger partial charge in [0, 0.05) is 4.47 Å². The topological polar surface area (TPSA) is 84.9 Å². The van der Waals surface area contributed by atoms with Gasteiger partial charge in [0.05, 0.1) is 6.54 Å². The molecule has 18 heavy (non-hydrogen) atoms. The molecule has 2 N–H and O–H groups in total. The number of halogens is 1. The molecule has 1 aromatic rings. The van der Waals surface area contributed by atoms with E-state index < -0.39 is 18.2 Å². The second-order valence-electron chi connectivity index (χ2n) is 3.66. The minimum absolute atomic E-state index is 0.0571. The molecule has 0 bridgehead atoms. The lowest BCUT2D eigenvalue weighted by molar-refractivity contribution is 0.0684. The Kier molecular flexibility index (Phi) is 3.71. The first-order valence-electron chi connectivity index (χ1n) is 5.16. The number of hydrogen-bond donors (Lipinski definition) is 2. The molecule has 1 atom stereocenters. The van der Waals surface area contributed by atoms with Gasteiger partial charge in [0.2, 0.25) is 0 Å². The van der Waals surface area contributed by atoms with Crippen LogP contribution in [-0.4, -0.2) is 36.4 Å². The van der Waals surface area contributed by atoms with Crippen molar-refractivity contribution in [3.8, 4) is 5.75 Å². The molecule has 0 aliphatic carbocycles. The van der Waals surface area contributed by atoms with Gasteiger partial charge in [0.15, 0.2) is 6.10 Å². The molecule has 0 aromatic heterocycles. The second-order valence-corrected chi connectivity index (χ2v) is 4.58. The van der Waals surface area contributed by atoms with Gasteiger partial charge in [-0.1, -0.05) is 15.9 Å². The largest absolute Gasteiger partial charge is 0.489 e. The number of carboxylic acid groups (broad SMARTS) is 1. The third-order valence-electron chi connectivity index (χ3n) is 2.34. The Bertz CT molecular complexity index is 490. The van der Waals surface area contributed by atoms with Crippen molar-refractivity contribution >= 4 is 28.0 Å². The first kappa shape index (κ1) is 12.7. The predicted octanol–water partition coefficient (Wildman–Crippen LogP) is 1.63. The van der Waals surface area contributed by atoms with Gasteiger partial charge in [-0.3, -0.25) is 0 Å². The maximum Gasteiger partial charge on any atom is 0.407 e. The number of rotatable bonds is 4. The molecule has 0 radical (unpaired) electrons. The number of ether oxygens (including phenoxy) is 2. The number of aromatic carboxylic acids is 1. The van der Waals surface area contributed by atoms with Gasteiger partial charge < -0.3 is 19.9 Å². The summed E-state index contributed by atoms with van der Waals surface area (Å²) in [6.07, 6.45) is -0.888. The van der Waals surface area contributed by atoms with Crippen molar-refractivity contribution < 1.29 is 24.2 Å². The van der Waals surface area contributed by atoms with Crippen molar-refractivity contribution in [2.24, 2.45) is 0 Å². The van der Waals surface area contributed by atoms with Crippen molar-refractivity contribution in [2.75, 3.05) is 13.2 Å². The van der Waals surface area contributed by atoms with Crippen LogP contribution in [0.3, 0.4) is 0 Å². The quantitative estimate of drug-likeness (QED) is 0.882. The van der Waals surface area contributed by atoms with Gasteiger partial charge >= 0.3 is 12.1 Å². The summed E-state index contributed by atoms with van der Waals surface area (Å²) in [6, 6.07) is 4.69. The number of benzene rings is 1. The molecule has 1 saturated heterocycles. The fourth-order valence-corrected chi connectivity index (χ4v) is 1.86. The Morgan fingerprint density at radius 1 is 1.61 bits per heavy atom. The van der Waals surface area contributed by atoms with Crippen molar-refractivity contribution in [2.45, 2.75) is 6.10 Å². The molecule has 1 amide bonds. The van der Waals surface area contributed by atoms with Crippen LogP contribution in [0.5, 0.6) is 5.75 Å². The molecule has 1 fully saturated rings. The summed E-state index contributed by atoms with van der Waals surface area (Å²) < 4.78 is 10.9. The lowest BCUT2D eigenvalue weighted by Crippen LogP contribution is -2.22. The zero-order valence-electron chi connectivity index (χ0n) is 9.18. The van der Waals surface area contributed by atoms with Crippen LogP contribution in [0.2, 0.25) is 0 Å². The van der Waals surface area contributed by atoms with Crippen LogP contribution in [-0.2, 0) is 4.74 Å². The molecule has 2 rings (SSSR count). The van der Waals surface area contributed by atoms with Gasteiger partial charge in [-0.2, -0.15) is 0 Å². The first-order chi connectivity index (χ1) is 8.56. The van der Waals surface area contributed by atoms with Crippen LogP contribution < -0.4 is 10.1 Å². The van der Waals surface area contributed by atoms with Crippen molar-refractivity contribution in [1.29, 1.82) is 0 Å². The van der Waals surface area contributed by atoms with E-state index in [-0.39, 0.29) is 17.9 Å². The maximum atomic E-state index is 11.0. The molecular weight excluding hydrogens is 306 g/mol. The van der Waals surface area contributed by atoms with E-state index >= 15 is 0 Å². The van der Waals surface area contributed by atoms with Gasteiger partial charge in [-0.15, -0.1) is 0 Å². The van der Waals surface area contributed by atoms with Crippen LogP contribution in [0.25, 0.3) is 0 Å². The normalized spacial score (nSPS) is 18.1. The number of cyclic esters (lactones) is 1. The summed E-state index contributed by atoms with van der Waals surface area (Å²) in [5, 5.41) is 11.5. The van der Waals surface area contributed by atoms with E-state index in [9.17, 15) is 9.59 Å². The number of alkyl carbamates (subject to hydrolysis) is 1. The van der Waals surface area contributed by atoms with Crippen LogP contribution in [0.15, 0.2) is 22.7 Å². The smallest absolute Gasteiger partial charge is 0.407 e. The van der Waals surface area contributed by atoms with Gasteiger partial charge in [0.25, 0.3) is 0 Å². The highest BCUT2D eigenvalue weighted by Crippen LogP contribution is 2.23. The van der Waals surface area contributed by atoms with E-state index in [1.807, 2.05) is 0 Å². The number of nitrogens with one attached hydrogen (secondary N) is 1. The van der Waals surface area contributed by atoms with Gasteiger partial charge in [-0.25, -0.2) is 9.59 Å². The summed E-state index contributed by atoms with van der Waals surface area (Å²) in [5.41, 5.74) is 0.0571. The Balaban J connectivity index is 2.04. The Hall–Kier alpha value is -1.76. The molecule has 1 aliphatic heterocycles.